The molecule has 7 nitrogen and oxygen atoms in total. The summed E-state index contributed by atoms with van der Waals surface area (Å²) in [5.41, 5.74) is 3.32. The Labute approximate surface area is 178 Å². The molecule has 0 saturated carbocycles. The van der Waals surface area contributed by atoms with E-state index in [1.165, 1.54) is 42.1 Å². The van der Waals surface area contributed by atoms with Gasteiger partial charge in [-0.3, -0.25) is 14.5 Å². The number of amides is 2. The minimum Gasteiger partial charge on any atom is -0.277 e. The van der Waals surface area contributed by atoms with Crippen LogP contribution in [0, 0.1) is 6.92 Å². The molecule has 9 heteroatoms. The normalized spacial score (nSPS) is 13.7. The summed E-state index contributed by atoms with van der Waals surface area (Å²) in [5, 5.41) is 2.80. The number of hydrogen-bond acceptors (Lipinski definition) is 6. The lowest BCUT2D eigenvalue weighted by molar-refractivity contribution is 0.0693. The monoisotopic (exact) mass is 441 g/mol. The van der Waals surface area contributed by atoms with Crippen LogP contribution in [0.3, 0.4) is 0 Å². The molecule has 2 amide bonds. The Morgan fingerprint density at radius 3 is 2.47 bits per heavy atom. The van der Waals surface area contributed by atoms with Crippen LogP contribution in [0.2, 0.25) is 0 Å². The molecule has 0 spiro atoms. The summed E-state index contributed by atoms with van der Waals surface area (Å²) < 4.78 is 27.8. The van der Waals surface area contributed by atoms with Gasteiger partial charge in [0.2, 0.25) is 10.0 Å². The standard InChI is InChI=1S/C21H19N3O4S2/c1-13-3-5-14(6-4-13)19-23-15(12-29-19)9-10-22-30(27,28)16-7-8-17-18(11-16)21(26)24(2)20(17)25/h3-8,11-12,22H,9-10H2,1-2H3. The Kier molecular flexibility index (Phi) is 5.27. The second-order valence-electron chi connectivity index (χ2n) is 7.03. The van der Waals surface area contributed by atoms with Crippen molar-refractivity contribution in [2.45, 2.75) is 18.2 Å². The topological polar surface area (TPSA) is 96.4 Å². The number of carbonyl (C=O) groups excluding carboxylic acids is 2. The second kappa shape index (κ2) is 7.75. The van der Waals surface area contributed by atoms with Crippen molar-refractivity contribution in [2.24, 2.45) is 0 Å². The Morgan fingerprint density at radius 1 is 1.03 bits per heavy atom. The SMILES string of the molecule is Cc1ccc(-c2nc(CCNS(=O)(=O)c3ccc4c(c3)C(=O)N(C)C4=O)cs2)cc1. The number of rotatable bonds is 6. The molecule has 3 aromatic rings. The average Bonchev–Trinajstić information content (AvgIpc) is 3.28. The van der Waals surface area contributed by atoms with E-state index >= 15 is 0 Å². The molecule has 0 fully saturated rings. The maximum Gasteiger partial charge on any atom is 0.261 e. The Bertz CT molecular complexity index is 1250. The molecular weight excluding hydrogens is 422 g/mol. The van der Waals surface area contributed by atoms with Gasteiger partial charge in [0.25, 0.3) is 11.8 Å². The summed E-state index contributed by atoms with van der Waals surface area (Å²) in [7, 11) is -2.45. The molecule has 1 N–H and O–H groups in total. The van der Waals surface area contributed by atoms with Crippen molar-refractivity contribution in [3.8, 4) is 10.6 Å². The first-order chi connectivity index (χ1) is 14.3. The Hall–Kier alpha value is -2.88. The van der Waals surface area contributed by atoms with Crippen LogP contribution in [0.25, 0.3) is 10.6 Å². The molecule has 1 aromatic heterocycles. The molecule has 2 heterocycles. The first-order valence-electron chi connectivity index (χ1n) is 9.24. The van der Waals surface area contributed by atoms with Gasteiger partial charge < -0.3 is 0 Å². The summed E-state index contributed by atoms with van der Waals surface area (Å²) >= 11 is 1.51. The van der Waals surface area contributed by atoms with E-state index in [0.717, 1.165) is 21.2 Å². The molecule has 0 unspecified atom stereocenters. The Balaban J connectivity index is 1.43. The number of benzene rings is 2. The van der Waals surface area contributed by atoms with Gasteiger partial charge in [0.05, 0.1) is 21.7 Å². The molecule has 1 aliphatic rings. The van der Waals surface area contributed by atoms with Crippen molar-refractivity contribution < 1.29 is 18.0 Å². The van der Waals surface area contributed by atoms with E-state index in [1.54, 1.807) is 0 Å². The predicted molar refractivity (Wildman–Crippen MR) is 114 cm³/mol. The minimum absolute atomic E-state index is 0.0451. The van der Waals surface area contributed by atoms with Gasteiger partial charge >= 0.3 is 0 Å². The van der Waals surface area contributed by atoms with E-state index in [4.69, 9.17) is 0 Å². The number of carbonyl (C=O) groups is 2. The van der Waals surface area contributed by atoms with Crippen LogP contribution < -0.4 is 4.72 Å². The van der Waals surface area contributed by atoms with Crippen molar-refractivity contribution in [3.63, 3.8) is 0 Å². The van der Waals surface area contributed by atoms with Crippen molar-refractivity contribution in [3.05, 3.63) is 70.2 Å². The number of hydrogen-bond donors (Lipinski definition) is 1. The fourth-order valence-electron chi connectivity index (χ4n) is 3.15. The maximum absolute atomic E-state index is 12.6. The molecule has 154 valence electrons. The quantitative estimate of drug-likeness (QED) is 0.594. The number of sulfonamides is 1. The lowest BCUT2D eigenvalue weighted by Crippen LogP contribution is -2.26. The number of thiazole rings is 1. The van der Waals surface area contributed by atoms with Crippen molar-refractivity contribution in [2.75, 3.05) is 13.6 Å². The number of nitrogens with zero attached hydrogens (tertiary/aromatic N) is 2. The first kappa shape index (κ1) is 20.4. The summed E-state index contributed by atoms with van der Waals surface area (Å²) in [6, 6.07) is 12.0. The van der Waals surface area contributed by atoms with Gasteiger partial charge in [-0.1, -0.05) is 29.8 Å². The molecule has 0 aliphatic carbocycles. The molecule has 30 heavy (non-hydrogen) atoms. The number of nitrogens with one attached hydrogen (secondary N) is 1. The summed E-state index contributed by atoms with van der Waals surface area (Å²) in [5.74, 6) is -0.932. The lowest BCUT2D eigenvalue weighted by Gasteiger charge is -2.07. The van der Waals surface area contributed by atoms with E-state index in [0.29, 0.717) is 6.42 Å². The number of fused-ring (bicyclic) bond motifs is 1. The zero-order valence-electron chi connectivity index (χ0n) is 16.4. The predicted octanol–water partition coefficient (Wildman–Crippen LogP) is 2.87. The number of imide groups is 1. The summed E-state index contributed by atoms with van der Waals surface area (Å²) in [6.07, 6.45) is 0.437. The second-order valence-corrected chi connectivity index (χ2v) is 9.66. The molecule has 0 bridgehead atoms. The highest BCUT2D eigenvalue weighted by Gasteiger charge is 2.33. The zero-order chi connectivity index (χ0) is 21.5. The van der Waals surface area contributed by atoms with Gasteiger partial charge in [-0.25, -0.2) is 18.1 Å². The van der Waals surface area contributed by atoms with Gasteiger partial charge in [-0.15, -0.1) is 11.3 Å². The van der Waals surface area contributed by atoms with Crippen LogP contribution in [0.4, 0.5) is 0 Å². The smallest absolute Gasteiger partial charge is 0.261 e. The molecule has 0 saturated heterocycles. The van der Waals surface area contributed by atoms with Crippen LogP contribution in [0.15, 0.2) is 52.7 Å². The first-order valence-corrected chi connectivity index (χ1v) is 11.6. The van der Waals surface area contributed by atoms with Crippen LogP contribution in [0.1, 0.15) is 32.0 Å². The molecular formula is C21H19N3O4S2. The maximum atomic E-state index is 12.6. The largest absolute Gasteiger partial charge is 0.277 e. The third-order valence-electron chi connectivity index (χ3n) is 4.89. The van der Waals surface area contributed by atoms with E-state index in [1.807, 2.05) is 36.6 Å². The van der Waals surface area contributed by atoms with Crippen LogP contribution in [-0.2, 0) is 16.4 Å². The van der Waals surface area contributed by atoms with Gasteiger partial charge in [0.1, 0.15) is 5.01 Å². The molecule has 0 atom stereocenters. The van der Waals surface area contributed by atoms with Crippen molar-refractivity contribution in [1.29, 1.82) is 0 Å². The molecule has 4 rings (SSSR count). The summed E-state index contributed by atoms with van der Waals surface area (Å²) in [6.45, 7) is 2.19. The van der Waals surface area contributed by atoms with Crippen LogP contribution in [0.5, 0.6) is 0 Å². The van der Waals surface area contributed by atoms with Gasteiger partial charge in [-0.05, 0) is 25.1 Å². The molecule has 0 radical (unpaired) electrons. The highest BCUT2D eigenvalue weighted by molar-refractivity contribution is 7.89. The number of aryl methyl sites for hydroxylation is 1. The van der Waals surface area contributed by atoms with Crippen molar-refractivity contribution in [1.82, 2.24) is 14.6 Å². The van der Waals surface area contributed by atoms with E-state index in [-0.39, 0.29) is 22.6 Å². The van der Waals surface area contributed by atoms with E-state index in [9.17, 15) is 18.0 Å². The van der Waals surface area contributed by atoms with Crippen molar-refractivity contribution >= 4 is 33.2 Å². The highest BCUT2D eigenvalue weighted by Crippen LogP contribution is 2.25. The lowest BCUT2D eigenvalue weighted by atomic mass is 10.1. The van der Waals surface area contributed by atoms with E-state index < -0.39 is 21.8 Å². The average molecular weight is 442 g/mol. The van der Waals surface area contributed by atoms with E-state index in [2.05, 4.69) is 9.71 Å². The third-order valence-corrected chi connectivity index (χ3v) is 7.29. The number of aromatic nitrogens is 1. The molecule has 1 aliphatic heterocycles. The fraction of sp³-hybridized carbons (Fsp3) is 0.190. The van der Waals surface area contributed by atoms with Gasteiger partial charge in [0, 0.05) is 31.0 Å². The zero-order valence-corrected chi connectivity index (χ0v) is 18.0. The minimum atomic E-state index is -3.82. The fourth-order valence-corrected chi connectivity index (χ4v) is 5.07. The van der Waals surface area contributed by atoms with Crippen LogP contribution >= 0.6 is 11.3 Å². The Morgan fingerprint density at radius 2 is 1.73 bits per heavy atom. The molecule has 2 aromatic carbocycles. The van der Waals surface area contributed by atoms with Crippen LogP contribution in [-0.4, -0.2) is 43.7 Å². The van der Waals surface area contributed by atoms with Gasteiger partial charge in [-0.2, -0.15) is 0 Å². The highest BCUT2D eigenvalue weighted by atomic mass is 32.2. The summed E-state index contributed by atoms with van der Waals surface area (Å²) in [4.78, 5) is 29.6. The van der Waals surface area contributed by atoms with Gasteiger partial charge in [0.15, 0.2) is 0 Å². The third kappa shape index (κ3) is 3.79.